The summed E-state index contributed by atoms with van der Waals surface area (Å²) in [6, 6.07) is 7.74. The van der Waals surface area contributed by atoms with Crippen LogP contribution < -0.4 is 0 Å². The van der Waals surface area contributed by atoms with Crippen LogP contribution in [0.2, 0.25) is 0 Å². The molecular formula is C13H7N3OS. The Hall–Kier alpha value is -2.27. The molecule has 4 rings (SSSR count). The SMILES string of the molecule is c1coc(-c2ccc3sc4nccnc4c3n2)c1. The maximum absolute atomic E-state index is 5.36. The first-order chi connectivity index (χ1) is 8.92. The molecule has 18 heavy (non-hydrogen) atoms. The molecule has 4 nitrogen and oxygen atoms in total. The van der Waals surface area contributed by atoms with Crippen molar-refractivity contribution < 1.29 is 4.42 Å². The van der Waals surface area contributed by atoms with Crippen molar-refractivity contribution in [1.82, 2.24) is 15.0 Å². The maximum atomic E-state index is 5.36. The molecule has 0 saturated carbocycles. The Morgan fingerprint density at radius 1 is 1.00 bits per heavy atom. The van der Waals surface area contributed by atoms with E-state index in [4.69, 9.17) is 4.42 Å². The van der Waals surface area contributed by atoms with E-state index in [0.29, 0.717) is 0 Å². The molecule has 4 aromatic rings. The van der Waals surface area contributed by atoms with Gasteiger partial charge < -0.3 is 4.42 Å². The van der Waals surface area contributed by atoms with Crippen LogP contribution in [0.25, 0.3) is 32.0 Å². The van der Waals surface area contributed by atoms with Crippen LogP contribution in [0, 0.1) is 0 Å². The van der Waals surface area contributed by atoms with Gasteiger partial charge in [0.05, 0.1) is 11.0 Å². The molecule has 0 bridgehead atoms. The topological polar surface area (TPSA) is 51.8 Å². The first kappa shape index (κ1) is 9.73. The first-order valence-electron chi connectivity index (χ1n) is 5.46. The molecule has 0 saturated heterocycles. The summed E-state index contributed by atoms with van der Waals surface area (Å²) < 4.78 is 6.45. The molecule has 5 heteroatoms. The summed E-state index contributed by atoms with van der Waals surface area (Å²) in [5.74, 6) is 0.764. The molecule has 4 heterocycles. The second-order valence-electron chi connectivity index (χ2n) is 3.83. The highest BCUT2D eigenvalue weighted by atomic mass is 32.1. The molecule has 0 spiro atoms. The lowest BCUT2D eigenvalue weighted by atomic mass is 10.2. The minimum absolute atomic E-state index is 0.764. The van der Waals surface area contributed by atoms with Gasteiger partial charge in [0.1, 0.15) is 21.6 Å². The first-order valence-corrected chi connectivity index (χ1v) is 6.27. The average molecular weight is 253 g/mol. The molecule has 86 valence electrons. The van der Waals surface area contributed by atoms with Crippen molar-refractivity contribution in [1.29, 1.82) is 0 Å². The number of hydrogen-bond donors (Lipinski definition) is 0. The van der Waals surface area contributed by atoms with Gasteiger partial charge in [0.25, 0.3) is 0 Å². The molecule has 0 unspecified atom stereocenters. The average Bonchev–Trinajstić information content (AvgIpc) is 3.05. The van der Waals surface area contributed by atoms with Gasteiger partial charge in [-0.3, -0.25) is 0 Å². The van der Waals surface area contributed by atoms with Crippen molar-refractivity contribution in [2.24, 2.45) is 0 Å². The van der Waals surface area contributed by atoms with Crippen LogP contribution in [0.15, 0.2) is 47.3 Å². The van der Waals surface area contributed by atoms with E-state index in [1.165, 1.54) is 0 Å². The fraction of sp³-hybridized carbons (Fsp3) is 0. The van der Waals surface area contributed by atoms with E-state index in [1.54, 1.807) is 30.0 Å². The van der Waals surface area contributed by atoms with Crippen molar-refractivity contribution in [3.8, 4) is 11.5 Å². The summed E-state index contributed by atoms with van der Waals surface area (Å²) in [7, 11) is 0. The van der Waals surface area contributed by atoms with Crippen LogP contribution in [0.1, 0.15) is 0 Å². The Bertz CT molecular complexity index is 836. The zero-order valence-electron chi connectivity index (χ0n) is 9.20. The Morgan fingerprint density at radius 3 is 2.83 bits per heavy atom. The third-order valence-electron chi connectivity index (χ3n) is 2.73. The normalized spacial score (nSPS) is 11.3. The number of aromatic nitrogens is 3. The molecule has 0 N–H and O–H groups in total. The van der Waals surface area contributed by atoms with Gasteiger partial charge in [-0.05, 0) is 24.3 Å². The largest absolute Gasteiger partial charge is 0.463 e. The van der Waals surface area contributed by atoms with Crippen molar-refractivity contribution in [3.05, 3.63) is 42.9 Å². The lowest BCUT2D eigenvalue weighted by molar-refractivity contribution is 0.580. The zero-order chi connectivity index (χ0) is 11.9. The summed E-state index contributed by atoms with van der Waals surface area (Å²) in [5.41, 5.74) is 2.56. The van der Waals surface area contributed by atoms with Gasteiger partial charge in [-0.1, -0.05) is 0 Å². The summed E-state index contributed by atoms with van der Waals surface area (Å²) in [5, 5.41) is 0. The number of fused-ring (bicyclic) bond motifs is 3. The third kappa shape index (κ3) is 1.34. The molecule has 4 aromatic heterocycles. The van der Waals surface area contributed by atoms with Crippen LogP contribution in [0.4, 0.5) is 0 Å². The molecule has 0 aliphatic carbocycles. The van der Waals surface area contributed by atoms with Crippen molar-refractivity contribution >= 4 is 31.9 Å². The number of pyridine rings is 1. The highest BCUT2D eigenvalue weighted by Gasteiger charge is 2.10. The fourth-order valence-corrected chi connectivity index (χ4v) is 2.87. The Morgan fingerprint density at radius 2 is 1.94 bits per heavy atom. The quantitative estimate of drug-likeness (QED) is 0.521. The highest BCUT2D eigenvalue weighted by Crippen LogP contribution is 2.31. The standard InChI is InChI=1S/C13H7N3OS/c1-2-9(17-7-1)8-3-4-10-11(16-8)12-13(18-10)15-6-5-14-12/h1-7H. The summed E-state index contributed by atoms with van der Waals surface area (Å²) in [6.07, 6.45) is 5.04. The predicted octanol–water partition coefficient (Wildman–Crippen LogP) is 3.50. The van der Waals surface area contributed by atoms with E-state index in [2.05, 4.69) is 15.0 Å². The molecule has 0 radical (unpaired) electrons. The summed E-state index contributed by atoms with van der Waals surface area (Å²) in [6.45, 7) is 0. The number of hydrogen-bond acceptors (Lipinski definition) is 5. The van der Waals surface area contributed by atoms with Gasteiger partial charge in [0.2, 0.25) is 0 Å². The molecule has 0 aromatic carbocycles. The van der Waals surface area contributed by atoms with Gasteiger partial charge in [-0.2, -0.15) is 0 Å². The molecule has 0 aliphatic heterocycles. The number of rotatable bonds is 1. The predicted molar refractivity (Wildman–Crippen MR) is 70.4 cm³/mol. The summed E-state index contributed by atoms with van der Waals surface area (Å²) in [4.78, 5) is 14.2. The van der Waals surface area contributed by atoms with Crippen molar-refractivity contribution in [2.45, 2.75) is 0 Å². The minimum atomic E-state index is 0.764. The fourth-order valence-electron chi connectivity index (χ4n) is 1.93. The van der Waals surface area contributed by atoms with Crippen LogP contribution in [-0.2, 0) is 0 Å². The van der Waals surface area contributed by atoms with Gasteiger partial charge in [-0.15, -0.1) is 11.3 Å². The smallest absolute Gasteiger partial charge is 0.152 e. The lowest BCUT2D eigenvalue weighted by Crippen LogP contribution is -1.82. The lowest BCUT2D eigenvalue weighted by Gasteiger charge is -1.96. The van der Waals surface area contributed by atoms with Crippen LogP contribution in [-0.4, -0.2) is 15.0 Å². The van der Waals surface area contributed by atoms with Crippen molar-refractivity contribution in [2.75, 3.05) is 0 Å². The highest BCUT2D eigenvalue weighted by molar-refractivity contribution is 7.25. The van der Waals surface area contributed by atoms with Gasteiger partial charge in [0.15, 0.2) is 5.76 Å². The van der Waals surface area contributed by atoms with E-state index >= 15 is 0 Å². The monoisotopic (exact) mass is 253 g/mol. The van der Waals surface area contributed by atoms with Gasteiger partial charge >= 0.3 is 0 Å². The third-order valence-corrected chi connectivity index (χ3v) is 3.77. The number of nitrogens with zero attached hydrogens (tertiary/aromatic N) is 3. The second-order valence-corrected chi connectivity index (χ2v) is 4.86. The Balaban J connectivity index is 2.07. The van der Waals surface area contributed by atoms with Gasteiger partial charge in [-0.25, -0.2) is 15.0 Å². The van der Waals surface area contributed by atoms with E-state index in [9.17, 15) is 0 Å². The molecule has 0 fully saturated rings. The van der Waals surface area contributed by atoms with E-state index in [1.807, 2.05) is 24.3 Å². The second kappa shape index (κ2) is 3.61. The number of thiophene rings is 1. The van der Waals surface area contributed by atoms with E-state index in [0.717, 1.165) is 32.0 Å². The Kier molecular flexibility index (Phi) is 1.95. The van der Waals surface area contributed by atoms with Crippen LogP contribution in [0.3, 0.4) is 0 Å². The molecular weight excluding hydrogens is 246 g/mol. The molecule has 0 amide bonds. The van der Waals surface area contributed by atoms with Crippen molar-refractivity contribution in [3.63, 3.8) is 0 Å². The van der Waals surface area contributed by atoms with E-state index < -0.39 is 0 Å². The van der Waals surface area contributed by atoms with Crippen LogP contribution in [0.5, 0.6) is 0 Å². The summed E-state index contributed by atoms with van der Waals surface area (Å²) >= 11 is 1.60. The minimum Gasteiger partial charge on any atom is -0.463 e. The van der Waals surface area contributed by atoms with Crippen LogP contribution >= 0.6 is 11.3 Å². The molecule has 0 aliphatic rings. The number of furan rings is 1. The maximum Gasteiger partial charge on any atom is 0.152 e. The zero-order valence-corrected chi connectivity index (χ0v) is 10.0. The van der Waals surface area contributed by atoms with E-state index in [-0.39, 0.29) is 0 Å². The van der Waals surface area contributed by atoms with Gasteiger partial charge in [0, 0.05) is 12.4 Å². The molecule has 0 atom stereocenters. The Labute approximate surface area is 106 Å².